The molecule has 0 spiro atoms. The van der Waals surface area contributed by atoms with Gasteiger partial charge in [0.25, 0.3) is 0 Å². The zero-order valence-electron chi connectivity index (χ0n) is 15.9. The normalized spacial score (nSPS) is 13.5. The maximum absolute atomic E-state index is 13.1. The fraction of sp³-hybridized carbons (Fsp3) is 0.368. The number of hydrogen-bond acceptors (Lipinski definition) is 5. The molecule has 2 rings (SSSR count). The summed E-state index contributed by atoms with van der Waals surface area (Å²) in [5.74, 6) is 0.192. The minimum absolute atomic E-state index is 0.185. The van der Waals surface area contributed by atoms with E-state index in [0.29, 0.717) is 6.42 Å². The second kappa shape index (κ2) is 8.41. The van der Waals surface area contributed by atoms with Gasteiger partial charge in [0.15, 0.2) is 0 Å². The molecule has 1 unspecified atom stereocenters. The molecular formula is C19H25NO5S2. The Hall–Kier alpha value is -1.90. The number of benzene rings is 2. The highest BCUT2D eigenvalue weighted by Gasteiger charge is 2.28. The van der Waals surface area contributed by atoms with E-state index in [0.717, 1.165) is 17.4 Å². The first kappa shape index (κ1) is 21.4. The van der Waals surface area contributed by atoms with Crippen molar-refractivity contribution in [3.05, 3.63) is 59.7 Å². The molecule has 2 aromatic carbocycles. The first-order valence-corrected chi connectivity index (χ1v) is 11.9. The van der Waals surface area contributed by atoms with Crippen LogP contribution in [-0.2, 0) is 26.7 Å². The van der Waals surface area contributed by atoms with Crippen LogP contribution in [0.15, 0.2) is 53.4 Å². The van der Waals surface area contributed by atoms with Crippen molar-refractivity contribution in [2.45, 2.75) is 44.7 Å². The van der Waals surface area contributed by atoms with Crippen LogP contribution in [0.2, 0.25) is 0 Å². The second-order valence-electron chi connectivity index (χ2n) is 6.55. The molecule has 0 N–H and O–H groups in total. The average Bonchev–Trinajstić information content (AvgIpc) is 2.59. The predicted molar refractivity (Wildman–Crippen MR) is 106 cm³/mol. The number of nitrogens with zero attached hydrogens (tertiary/aromatic N) is 1. The third-order valence-electron chi connectivity index (χ3n) is 4.22. The lowest BCUT2D eigenvalue weighted by Crippen LogP contribution is -2.37. The molecule has 0 heterocycles. The molecule has 0 aromatic heterocycles. The fourth-order valence-corrected chi connectivity index (χ4v) is 4.69. The smallest absolute Gasteiger partial charge is 0.306 e. The Morgan fingerprint density at radius 2 is 1.52 bits per heavy atom. The Morgan fingerprint density at radius 1 is 0.963 bits per heavy atom. The van der Waals surface area contributed by atoms with Crippen molar-refractivity contribution in [3.8, 4) is 5.75 Å². The van der Waals surface area contributed by atoms with Crippen LogP contribution in [0.5, 0.6) is 5.75 Å². The van der Waals surface area contributed by atoms with E-state index in [9.17, 15) is 16.8 Å². The number of aryl methyl sites for hydroxylation is 1. The first-order chi connectivity index (χ1) is 12.5. The topological polar surface area (TPSA) is 80.8 Å². The van der Waals surface area contributed by atoms with Crippen LogP contribution in [0.1, 0.15) is 31.4 Å². The summed E-state index contributed by atoms with van der Waals surface area (Å²) >= 11 is 0. The molecule has 148 valence electrons. The molecular weight excluding hydrogens is 386 g/mol. The summed E-state index contributed by atoms with van der Waals surface area (Å²) < 4.78 is 54.9. The van der Waals surface area contributed by atoms with E-state index in [1.165, 1.54) is 16.4 Å². The van der Waals surface area contributed by atoms with E-state index in [2.05, 4.69) is 0 Å². The first-order valence-electron chi connectivity index (χ1n) is 8.60. The van der Waals surface area contributed by atoms with Gasteiger partial charge in [0, 0.05) is 12.6 Å². The standard InChI is InChI=1S/C19H25NO5S2/c1-5-16(3)20(27(23,24)19-12-6-15(2)7-13-19)14-17-8-10-18(11-9-17)25-26(4,21)22/h6-13,16H,5,14H2,1-4H3. The highest BCUT2D eigenvalue weighted by molar-refractivity contribution is 7.89. The largest absolute Gasteiger partial charge is 0.383 e. The number of hydrogen-bond donors (Lipinski definition) is 0. The summed E-state index contributed by atoms with van der Waals surface area (Å²) in [6, 6.07) is 13.0. The van der Waals surface area contributed by atoms with Gasteiger partial charge in [-0.3, -0.25) is 0 Å². The molecule has 0 fully saturated rings. The molecule has 0 amide bonds. The van der Waals surface area contributed by atoms with Gasteiger partial charge in [-0.2, -0.15) is 12.7 Å². The van der Waals surface area contributed by atoms with Gasteiger partial charge in [-0.05, 0) is 50.1 Å². The van der Waals surface area contributed by atoms with Gasteiger partial charge < -0.3 is 4.18 Å². The van der Waals surface area contributed by atoms with Crippen molar-refractivity contribution in [2.24, 2.45) is 0 Å². The van der Waals surface area contributed by atoms with E-state index in [4.69, 9.17) is 4.18 Å². The van der Waals surface area contributed by atoms with Crippen LogP contribution in [0.3, 0.4) is 0 Å². The molecule has 8 heteroatoms. The van der Waals surface area contributed by atoms with Gasteiger partial charge in [0.05, 0.1) is 11.2 Å². The van der Waals surface area contributed by atoms with Crippen LogP contribution in [-0.4, -0.2) is 33.4 Å². The zero-order valence-corrected chi connectivity index (χ0v) is 17.5. The zero-order chi connectivity index (χ0) is 20.2. The summed E-state index contributed by atoms with van der Waals surface area (Å²) in [7, 11) is -7.26. The van der Waals surface area contributed by atoms with Crippen LogP contribution in [0.25, 0.3) is 0 Å². The summed E-state index contributed by atoms with van der Waals surface area (Å²) in [5.41, 5.74) is 1.73. The molecule has 1 atom stereocenters. The van der Waals surface area contributed by atoms with Crippen LogP contribution >= 0.6 is 0 Å². The van der Waals surface area contributed by atoms with E-state index in [1.54, 1.807) is 36.4 Å². The Labute approximate surface area is 162 Å². The molecule has 27 heavy (non-hydrogen) atoms. The van der Waals surface area contributed by atoms with Crippen molar-refractivity contribution in [1.29, 1.82) is 0 Å². The highest BCUT2D eigenvalue weighted by Crippen LogP contribution is 2.24. The molecule has 0 aliphatic carbocycles. The average molecular weight is 412 g/mol. The van der Waals surface area contributed by atoms with E-state index >= 15 is 0 Å². The van der Waals surface area contributed by atoms with E-state index in [1.807, 2.05) is 20.8 Å². The van der Waals surface area contributed by atoms with Crippen LogP contribution < -0.4 is 4.18 Å². The maximum atomic E-state index is 13.1. The molecule has 6 nitrogen and oxygen atoms in total. The van der Waals surface area contributed by atoms with Gasteiger partial charge in [0.1, 0.15) is 5.75 Å². The van der Waals surface area contributed by atoms with Gasteiger partial charge in [0.2, 0.25) is 10.0 Å². The second-order valence-corrected chi connectivity index (χ2v) is 10.0. The Kier molecular flexibility index (Phi) is 6.67. The van der Waals surface area contributed by atoms with Crippen molar-refractivity contribution in [2.75, 3.05) is 6.26 Å². The van der Waals surface area contributed by atoms with Gasteiger partial charge >= 0.3 is 10.1 Å². The Bertz CT molecular complexity index is 966. The summed E-state index contributed by atoms with van der Waals surface area (Å²) in [6.07, 6.45) is 1.64. The lowest BCUT2D eigenvalue weighted by molar-refractivity contribution is 0.323. The lowest BCUT2D eigenvalue weighted by Gasteiger charge is -2.28. The van der Waals surface area contributed by atoms with Crippen LogP contribution in [0, 0.1) is 6.92 Å². The Morgan fingerprint density at radius 3 is 2.00 bits per heavy atom. The minimum atomic E-state index is -3.66. The van der Waals surface area contributed by atoms with Crippen molar-refractivity contribution >= 4 is 20.1 Å². The van der Waals surface area contributed by atoms with E-state index < -0.39 is 20.1 Å². The minimum Gasteiger partial charge on any atom is -0.383 e. The highest BCUT2D eigenvalue weighted by atomic mass is 32.2. The van der Waals surface area contributed by atoms with Crippen molar-refractivity contribution in [1.82, 2.24) is 4.31 Å². The molecule has 0 aliphatic heterocycles. The van der Waals surface area contributed by atoms with E-state index in [-0.39, 0.29) is 23.2 Å². The van der Waals surface area contributed by atoms with Crippen molar-refractivity contribution < 1.29 is 21.0 Å². The number of rotatable bonds is 8. The van der Waals surface area contributed by atoms with Gasteiger partial charge in [-0.25, -0.2) is 8.42 Å². The maximum Gasteiger partial charge on any atom is 0.306 e. The predicted octanol–water partition coefficient (Wildman–Crippen LogP) is 3.32. The molecule has 0 saturated heterocycles. The summed E-state index contributed by atoms with van der Waals surface area (Å²) in [4.78, 5) is 0.255. The molecule has 0 aliphatic rings. The van der Waals surface area contributed by atoms with Crippen LogP contribution in [0.4, 0.5) is 0 Å². The molecule has 0 radical (unpaired) electrons. The third kappa shape index (κ3) is 5.79. The summed E-state index contributed by atoms with van der Waals surface area (Å²) in [5, 5.41) is 0. The molecule has 2 aromatic rings. The third-order valence-corrected chi connectivity index (χ3v) is 6.69. The number of sulfonamides is 1. The lowest BCUT2D eigenvalue weighted by atomic mass is 10.2. The summed E-state index contributed by atoms with van der Waals surface area (Å²) in [6.45, 7) is 5.89. The SMILES string of the molecule is CCC(C)N(Cc1ccc(OS(C)(=O)=O)cc1)S(=O)(=O)c1ccc(C)cc1. The fourth-order valence-electron chi connectivity index (χ4n) is 2.53. The monoisotopic (exact) mass is 411 g/mol. The molecule has 0 saturated carbocycles. The Balaban J connectivity index is 2.30. The van der Waals surface area contributed by atoms with Crippen molar-refractivity contribution in [3.63, 3.8) is 0 Å². The molecule has 0 bridgehead atoms. The van der Waals surface area contributed by atoms with Gasteiger partial charge in [-0.15, -0.1) is 0 Å². The quantitative estimate of drug-likeness (QED) is 0.623. The van der Waals surface area contributed by atoms with Gasteiger partial charge in [-0.1, -0.05) is 36.8 Å².